The number of nitrogens with zero attached hydrogens (tertiary/aromatic N) is 1. The van der Waals surface area contributed by atoms with Gasteiger partial charge in [0.05, 0.1) is 17.7 Å². The molecule has 0 spiro atoms. The highest BCUT2D eigenvalue weighted by Crippen LogP contribution is 2.28. The highest BCUT2D eigenvalue weighted by atomic mass is 16.5. The Kier molecular flexibility index (Phi) is 6.86. The first-order valence-corrected chi connectivity index (χ1v) is 8.92. The van der Waals surface area contributed by atoms with Crippen molar-refractivity contribution >= 4 is 29.6 Å². The van der Waals surface area contributed by atoms with Crippen LogP contribution in [0.15, 0.2) is 24.3 Å². The first-order valence-electron chi connectivity index (χ1n) is 8.92. The minimum Gasteiger partial charge on any atom is -0.454 e. The van der Waals surface area contributed by atoms with E-state index in [4.69, 9.17) is 4.74 Å². The number of carbonyl (C=O) groups is 5. The molecule has 1 aromatic rings. The van der Waals surface area contributed by atoms with Crippen LogP contribution in [-0.2, 0) is 19.1 Å². The summed E-state index contributed by atoms with van der Waals surface area (Å²) in [6.07, 6.45) is 0.510. The Morgan fingerprint density at radius 2 is 1.64 bits per heavy atom. The molecule has 28 heavy (non-hydrogen) atoms. The van der Waals surface area contributed by atoms with Crippen LogP contribution in [0.5, 0.6) is 0 Å². The van der Waals surface area contributed by atoms with Gasteiger partial charge >= 0.3 is 5.97 Å². The molecule has 9 nitrogen and oxygen atoms in total. The monoisotopic (exact) mass is 389 g/mol. The molecule has 2 rings (SSSR count). The van der Waals surface area contributed by atoms with Crippen molar-refractivity contribution in [1.29, 1.82) is 0 Å². The van der Waals surface area contributed by atoms with E-state index in [0.717, 1.165) is 4.90 Å². The molecule has 9 heteroatoms. The summed E-state index contributed by atoms with van der Waals surface area (Å²) < 4.78 is 5.03. The number of carbonyl (C=O) groups excluding carboxylic acids is 5. The lowest BCUT2D eigenvalue weighted by atomic mass is 9.97. The number of fused-ring (bicyclic) bond motifs is 1. The number of ether oxygens (including phenoxy) is 1. The molecule has 0 saturated carbocycles. The molecule has 0 aliphatic carbocycles. The van der Waals surface area contributed by atoms with E-state index in [1.54, 1.807) is 19.1 Å². The number of esters is 1. The number of nitrogens with one attached hydrogen (secondary N) is 2. The van der Waals surface area contributed by atoms with E-state index in [0.29, 0.717) is 6.42 Å². The second kappa shape index (κ2) is 9.12. The number of hydrogen-bond acceptors (Lipinski definition) is 6. The van der Waals surface area contributed by atoms with Gasteiger partial charge in [-0.25, -0.2) is 4.79 Å². The summed E-state index contributed by atoms with van der Waals surface area (Å²) in [6.45, 7) is 2.67. The first kappa shape index (κ1) is 21.1. The normalized spacial score (nSPS) is 14.9. The Balaban J connectivity index is 2.11. The third-order valence-corrected chi connectivity index (χ3v) is 4.60. The quantitative estimate of drug-likeness (QED) is 0.480. The van der Waals surface area contributed by atoms with Gasteiger partial charge in [-0.15, -0.1) is 0 Å². The Hall–Kier alpha value is -3.23. The van der Waals surface area contributed by atoms with Gasteiger partial charge in [0, 0.05) is 7.05 Å². The van der Waals surface area contributed by atoms with Gasteiger partial charge in [0.2, 0.25) is 5.91 Å². The lowest BCUT2D eigenvalue weighted by molar-refractivity contribution is -0.154. The molecule has 1 aromatic carbocycles. The van der Waals surface area contributed by atoms with Crippen molar-refractivity contribution in [3.8, 4) is 0 Å². The van der Waals surface area contributed by atoms with Crippen LogP contribution in [0.4, 0.5) is 0 Å². The average molecular weight is 389 g/mol. The van der Waals surface area contributed by atoms with Gasteiger partial charge in [0.15, 0.2) is 6.61 Å². The second-order valence-corrected chi connectivity index (χ2v) is 6.41. The number of hydrogen-bond donors (Lipinski definition) is 2. The van der Waals surface area contributed by atoms with Gasteiger partial charge in [-0.3, -0.25) is 24.1 Å². The van der Waals surface area contributed by atoms with E-state index in [-0.39, 0.29) is 23.6 Å². The third-order valence-electron chi connectivity index (χ3n) is 4.60. The smallest absolute Gasteiger partial charge is 0.330 e. The van der Waals surface area contributed by atoms with Crippen LogP contribution in [0, 0.1) is 5.92 Å². The third kappa shape index (κ3) is 4.36. The zero-order chi connectivity index (χ0) is 20.8. The van der Waals surface area contributed by atoms with Crippen molar-refractivity contribution in [2.45, 2.75) is 26.3 Å². The van der Waals surface area contributed by atoms with Crippen molar-refractivity contribution in [1.82, 2.24) is 15.5 Å². The lowest BCUT2D eigenvalue weighted by Crippen LogP contribution is -2.50. The first-order chi connectivity index (χ1) is 13.3. The Bertz CT molecular complexity index is 772. The summed E-state index contributed by atoms with van der Waals surface area (Å²) in [4.78, 5) is 61.8. The molecule has 0 radical (unpaired) electrons. The van der Waals surface area contributed by atoms with Crippen molar-refractivity contribution in [3.63, 3.8) is 0 Å². The lowest BCUT2D eigenvalue weighted by Gasteiger charge is -2.28. The largest absolute Gasteiger partial charge is 0.454 e. The molecule has 1 aliphatic rings. The summed E-state index contributed by atoms with van der Waals surface area (Å²) in [5.74, 6) is -3.41. The fourth-order valence-electron chi connectivity index (χ4n) is 2.82. The Morgan fingerprint density at radius 1 is 1.07 bits per heavy atom. The standard InChI is InChI=1S/C19H23N3O6/c1-4-11(2)16(19(27)28-10-15(24)21-9-14(23)20-3)22-17(25)12-7-5-6-8-13(12)18(22)26/h5-8,11,16H,4,9-10H2,1-3H3,(H,20,23)(H,21,24)/t11-,16-/m0/s1. The van der Waals surface area contributed by atoms with Crippen LogP contribution in [0.25, 0.3) is 0 Å². The molecule has 2 atom stereocenters. The molecule has 0 fully saturated rings. The van der Waals surface area contributed by atoms with E-state index < -0.39 is 42.2 Å². The summed E-state index contributed by atoms with van der Waals surface area (Å²) >= 11 is 0. The fourth-order valence-corrected chi connectivity index (χ4v) is 2.82. The number of benzene rings is 1. The summed E-state index contributed by atoms with van der Waals surface area (Å²) in [7, 11) is 1.42. The zero-order valence-corrected chi connectivity index (χ0v) is 16.0. The topological polar surface area (TPSA) is 122 Å². The van der Waals surface area contributed by atoms with Crippen LogP contribution in [0.3, 0.4) is 0 Å². The molecule has 0 unspecified atom stereocenters. The second-order valence-electron chi connectivity index (χ2n) is 6.41. The number of amides is 4. The molecule has 0 aromatic heterocycles. The fraction of sp³-hybridized carbons (Fsp3) is 0.421. The molecule has 1 heterocycles. The SMILES string of the molecule is CC[C@H](C)[C@@H](C(=O)OCC(=O)NCC(=O)NC)N1C(=O)c2ccccc2C1=O. The summed E-state index contributed by atoms with van der Waals surface area (Å²) in [5.41, 5.74) is 0.467. The van der Waals surface area contributed by atoms with Crippen molar-refractivity contribution in [2.75, 3.05) is 20.2 Å². The van der Waals surface area contributed by atoms with Crippen LogP contribution in [0.2, 0.25) is 0 Å². The highest BCUT2D eigenvalue weighted by Gasteiger charge is 2.45. The molecule has 2 N–H and O–H groups in total. The van der Waals surface area contributed by atoms with E-state index in [2.05, 4.69) is 10.6 Å². The highest BCUT2D eigenvalue weighted by molar-refractivity contribution is 6.22. The maximum absolute atomic E-state index is 12.7. The summed E-state index contributed by atoms with van der Waals surface area (Å²) in [6, 6.07) is 5.19. The van der Waals surface area contributed by atoms with E-state index in [9.17, 15) is 24.0 Å². The Labute approximate surface area is 162 Å². The van der Waals surface area contributed by atoms with Gasteiger partial charge in [-0.1, -0.05) is 32.4 Å². The minimum absolute atomic E-state index is 0.233. The van der Waals surface area contributed by atoms with E-state index in [1.807, 2.05) is 6.92 Å². The van der Waals surface area contributed by atoms with E-state index in [1.165, 1.54) is 19.2 Å². The van der Waals surface area contributed by atoms with Crippen LogP contribution in [-0.4, -0.2) is 60.7 Å². The molecule has 1 aliphatic heterocycles. The van der Waals surface area contributed by atoms with E-state index >= 15 is 0 Å². The average Bonchev–Trinajstić information content (AvgIpc) is 2.95. The minimum atomic E-state index is -1.15. The van der Waals surface area contributed by atoms with Crippen LogP contribution < -0.4 is 10.6 Å². The zero-order valence-electron chi connectivity index (χ0n) is 16.0. The molecule has 150 valence electrons. The van der Waals surface area contributed by atoms with Crippen molar-refractivity contribution < 1.29 is 28.7 Å². The summed E-state index contributed by atoms with van der Waals surface area (Å²) in [5, 5.41) is 4.63. The molecular formula is C19H23N3O6. The number of likely N-dealkylation sites (N-methyl/N-ethyl adjacent to an activating group) is 1. The van der Waals surface area contributed by atoms with Crippen molar-refractivity contribution in [3.05, 3.63) is 35.4 Å². The van der Waals surface area contributed by atoms with Crippen molar-refractivity contribution in [2.24, 2.45) is 5.92 Å². The molecule has 4 amide bonds. The van der Waals surface area contributed by atoms with Gasteiger partial charge < -0.3 is 15.4 Å². The maximum Gasteiger partial charge on any atom is 0.330 e. The number of imide groups is 1. The maximum atomic E-state index is 12.7. The molecule has 0 saturated heterocycles. The number of rotatable bonds is 8. The van der Waals surface area contributed by atoms with Crippen LogP contribution in [0.1, 0.15) is 41.0 Å². The molecule has 0 bridgehead atoms. The predicted molar refractivity (Wildman–Crippen MR) is 98.2 cm³/mol. The van der Waals surface area contributed by atoms with Gasteiger partial charge in [0.1, 0.15) is 6.04 Å². The van der Waals surface area contributed by atoms with Gasteiger partial charge in [-0.2, -0.15) is 0 Å². The Morgan fingerprint density at radius 3 is 2.14 bits per heavy atom. The van der Waals surface area contributed by atoms with Gasteiger partial charge in [0.25, 0.3) is 17.7 Å². The molecular weight excluding hydrogens is 366 g/mol. The van der Waals surface area contributed by atoms with Gasteiger partial charge in [-0.05, 0) is 18.1 Å². The predicted octanol–water partition coefficient (Wildman–Crippen LogP) is 0.103. The van der Waals surface area contributed by atoms with Crippen LogP contribution >= 0.6 is 0 Å².